The molecule has 1 aromatic carbocycles. The Bertz CT molecular complexity index is 715. The molecule has 2 aromatic rings. The van der Waals surface area contributed by atoms with Crippen molar-refractivity contribution in [1.29, 1.82) is 0 Å². The summed E-state index contributed by atoms with van der Waals surface area (Å²) in [6.07, 6.45) is 4.22. The number of benzene rings is 1. The van der Waals surface area contributed by atoms with Crippen LogP contribution in [0.2, 0.25) is 0 Å². The zero-order chi connectivity index (χ0) is 18.7. The highest BCUT2D eigenvalue weighted by Crippen LogP contribution is 2.34. The van der Waals surface area contributed by atoms with Crippen molar-refractivity contribution in [3.05, 3.63) is 47.8 Å². The first-order valence-corrected chi connectivity index (χ1v) is 9.26. The first kappa shape index (κ1) is 18.9. The van der Waals surface area contributed by atoms with E-state index in [1.54, 1.807) is 0 Å². The number of ether oxygens (including phenoxy) is 1. The Morgan fingerprint density at radius 2 is 2.23 bits per heavy atom. The minimum absolute atomic E-state index is 0.00864. The Morgan fingerprint density at radius 3 is 2.88 bits per heavy atom. The molecule has 1 aromatic heterocycles. The Kier molecular flexibility index (Phi) is 5.96. The molecule has 6 nitrogen and oxygen atoms in total. The maximum Gasteiger partial charge on any atom is 0.119 e. The molecule has 0 amide bonds. The fraction of sp³-hybridized carbons (Fsp3) is 0.550. The first-order valence-electron chi connectivity index (χ1n) is 9.26. The third-order valence-electron chi connectivity index (χ3n) is 4.97. The van der Waals surface area contributed by atoms with Crippen LogP contribution in [-0.2, 0) is 0 Å². The molecule has 2 N–H and O–H groups in total. The second kappa shape index (κ2) is 8.20. The number of likely N-dealkylation sites (N-methyl/N-ethyl adjacent to an activating group) is 1. The topological polar surface area (TPSA) is 62.6 Å². The first-order chi connectivity index (χ1) is 12.4. The maximum atomic E-state index is 10.2. The molecule has 6 heteroatoms. The SMILES string of the molecule is Cc1cnn([C@H]2[C@H](O)C[C@@H]2NC(C)c2cccc(OCCN(C)C)c2)c1. The van der Waals surface area contributed by atoms with Crippen molar-refractivity contribution in [2.24, 2.45) is 0 Å². The van der Waals surface area contributed by atoms with E-state index in [0.717, 1.165) is 24.3 Å². The zero-order valence-electron chi connectivity index (χ0n) is 16.1. The Morgan fingerprint density at radius 1 is 1.42 bits per heavy atom. The van der Waals surface area contributed by atoms with Gasteiger partial charge in [0.25, 0.3) is 0 Å². The van der Waals surface area contributed by atoms with Crippen molar-refractivity contribution in [1.82, 2.24) is 20.0 Å². The Hall–Kier alpha value is -1.89. The molecule has 26 heavy (non-hydrogen) atoms. The van der Waals surface area contributed by atoms with Gasteiger partial charge in [-0.25, -0.2) is 0 Å². The van der Waals surface area contributed by atoms with Crippen LogP contribution in [-0.4, -0.2) is 59.2 Å². The second-order valence-electron chi connectivity index (χ2n) is 7.51. The van der Waals surface area contributed by atoms with Crippen molar-refractivity contribution < 1.29 is 9.84 Å². The van der Waals surface area contributed by atoms with Gasteiger partial charge in [-0.2, -0.15) is 5.10 Å². The van der Waals surface area contributed by atoms with Gasteiger partial charge in [0, 0.05) is 24.8 Å². The molecule has 1 unspecified atom stereocenters. The third kappa shape index (κ3) is 4.44. The summed E-state index contributed by atoms with van der Waals surface area (Å²) in [7, 11) is 4.08. The molecule has 0 aliphatic heterocycles. The largest absolute Gasteiger partial charge is 0.492 e. The normalized spacial score (nSPS) is 23.7. The standard InChI is InChI=1S/C20H30N4O2/c1-14-12-21-24(13-14)20-18(11-19(20)25)22-15(2)16-6-5-7-17(10-16)26-9-8-23(3)4/h5-7,10,12-13,15,18-20,22,25H,8-9,11H2,1-4H3/t15?,18-,19+,20+/m0/s1. The lowest BCUT2D eigenvalue weighted by Crippen LogP contribution is -2.55. The minimum Gasteiger partial charge on any atom is -0.492 e. The smallest absolute Gasteiger partial charge is 0.119 e. The van der Waals surface area contributed by atoms with Crippen molar-refractivity contribution in [2.45, 2.75) is 44.5 Å². The summed E-state index contributed by atoms with van der Waals surface area (Å²) in [6.45, 7) is 5.73. The van der Waals surface area contributed by atoms with Crippen molar-refractivity contribution >= 4 is 0 Å². The number of nitrogens with one attached hydrogen (secondary N) is 1. The summed E-state index contributed by atoms with van der Waals surface area (Å²) in [5.74, 6) is 0.894. The summed E-state index contributed by atoms with van der Waals surface area (Å²) in [4.78, 5) is 2.10. The fourth-order valence-electron chi connectivity index (χ4n) is 3.37. The average Bonchev–Trinajstić information content (AvgIpc) is 2.99. The van der Waals surface area contributed by atoms with Gasteiger partial charge >= 0.3 is 0 Å². The molecule has 0 spiro atoms. The molecule has 4 atom stereocenters. The van der Waals surface area contributed by atoms with Crippen molar-refractivity contribution in [3.8, 4) is 5.75 Å². The molecular weight excluding hydrogens is 328 g/mol. The third-order valence-corrected chi connectivity index (χ3v) is 4.97. The Labute approximate surface area is 155 Å². The molecule has 142 valence electrons. The number of aromatic nitrogens is 2. The monoisotopic (exact) mass is 358 g/mol. The zero-order valence-corrected chi connectivity index (χ0v) is 16.1. The molecule has 1 aliphatic carbocycles. The molecule has 0 saturated heterocycles. The van der Waals surface area contributed by atoms with Crippen LogP contribution in [0, 0.1) is 6.92 Å². The van der Waals surface area contributed by atoms with E-state index >= 15 is 0 Å². The molecule has 0 radical (unpaired) electrons. The summed E-state index contributed by atoms with van der Waals surface area (Å²) < 4.78 is 7.72. The van der Waals surface area contributed by atoms with E-state index in [1.807, 2.05) is 50.2 Å². The van der Waals surface area contributed by atoms with Crippen LogP contribution in [0.15, 0.2) is 36.7 Å². The van der Waals surface area contributed by atoms with Crippen LogP contribution < -0.4 is 10.1 Å². The van der Waals surface area contributed by atoms with Gasteiger partial charge in [0.1, 0.15) is 12.4 Å². The highest BCUT2D eigenvalue weighted by molar-refractivity contribution is 5.30. The van der Waals surface area contributed by atoms with Gasteiger partial charge in [0.2, 0.25) is 0 Å². The van der Waals surface area contributed by atoms with E-state index < -0.39 is 0 Å². The highest BCUT2D eigenvalue weighted by atomic mass is 16.5. The van der Waals surface area contributed by atoms with Gasteiger partial charge in [-0.05, 0) is 57.6 Å². The van der Waals surface area contributed by atoms with Crippen molar-refractivity contribution in [2.75, 3.05) is 27.2 Å². The number of aliphatic hydroxyl groups is 1. The Balaban J connectivity index is 1.60. The van der Waals surface area contributed by atoms with Crippen LogP contribution >= 0.6 is 0 Å². The number of nitrogens with zero attached hydrogens (tertiary/aromatic N) is 3. The number of rotatable bonds is 8. The van der Waals surface area contributed by atoms with Crippen LogP contribution in [0.4, 0.5) is 0 Å². The lowest BCUT2D eigenvalue weighted by atomic mass is 9.82. The lowest BCUT2D eigenvalue weighted by Gasteiger charge is -2.43. The minimum atomic E-state index is -0.347. The van der Waals surface area contributed by atoms with Gasteiger partial charge in [-0.3, -0.25) is 4.68 Å². The van der Waals surface area contributed by atoms with Crippen LogP contribution in [0.5, 0.6) is 5.75 Å². The van der Waals surface area contributed by atoms with Gasteiger partial charge in [-0.15, -0.1) is 0 Å². The van der Waals surface area contributed by atoms with E-state index in [-0.39, 0.29) is 24.2 Å². The molecule has 1 saturated carbocycles. The summed E-state index contributed by atoms with van der Waals surface area (Å²) in [5, 5.41) is 18.2. The van der Waals surface area contributed by atoms with E-state index in [9.17, 15) is 5.11 Å². The molecular formula is C20H30N4O2. The number of hydrogen-bond acceptors (Lipinski definition) is 5. The summed E-state index contributed by atoms with van der Waals surface area (Å²) in [5.41, 5.74) is 2.29. The molecule has 1 aliphatic rings. The fourth-order valence-corrected chi connectivity index (χ4v) is 3.37. The van der Waals surface area contributed by atoms with Crippen LogP contribution in [0.3, 0.4) is 0 Å². The second-order valence-corrected chi connectivity index (χ2v) is 7.51. The summed E-state index contributed by atoms with van der Waals surface area (Å²) in [6, 6.07) is 8.59. The van der Waals surface area contributed by atoms with Gasteiger partial charge in [0.05, 0.1) is 18.3 Å². The van der Waals surface area contributed by atoms with Gasteiger partial charge < -0.3 is 20.1 Å². The average molecular weight is 358 g/mol. The molecule has 3 rings (SSSR count). The lowest BCUT2D eigenvalue weighted by molar-refractivity contribution is -0.0111. The predicted octanol–water partition coefficient (Wildman–Crippen LogP) is 2.16. The molecule has 0 bridgehead atoms. The van der Waals surface area contributed by atoms with E-state index in [2.05, 4.69) is 34.4 Å². The van der Waals surface area contributed by atoms with E-state index in [1.165, 1.54) is 5.56 Å². The number of hydrogen-bond donors (Lipinski definition) is 2. The number of aryl methyl sites for hydroxylation is 1. The predicted molar refractivity (Wildman–Crippen MR) is 102 cm³/mol. The quantitative estimate of drug-likeness (QED) is 0.757. The number of aliphatic hydroxyl groups excluding tert-OH is 1. The van der Waals surface area contributed by atoms with Crippen LogP contribution in [0.25, 0.3) is 0 Å². The van der Waals surface area contributed by atoms with Crippen molar-refractivity contribution in [3.63, 3.8) is 0 Å². The van der Waals surface area contributed by atoms with E-state index in [0.29, 0.717) is 6.61 Å². The van der Waals surface area contributed by atoms with Crippen LogP contribution in [0.1, 0.15) is 36.6 Å². The maximum absolute atomic E-state index is 10.2. The van der Waals surface area contributed by atoms with Gasteiger partial charge in [0.15, 0.2) is 0 Å². The van der Waals surface area contributed by atoms with Gasteiger partial charge in [-0.1, -0.05) is 12.1 Å². The molecule has 1 fully saturated rings. The summed E-state index contributed by atoms with van der Waals surface area (Å²) >= 11 is 0. The highest BCUT2D eigenvalue weighted by Gasteiger charge is 2.42. The molecule has 1 heterocycles. The van der Waals surface area contributed by atoms with E-state index in [4.69, 9.17) is 4.74 Å².